The Morgan fingerprint density at radius 3 is 3.00 bits per heavy atom. The smallest absolute Gasteiger partial charge is 0.327 e. The van der Waals surface area contributed by atoms with E-state index in [0.717, 1.165) is 68.6 Å². The summed E-state index contributed by atoms with van der Waals surface area (Å²) < 4.78 is 31.6. The molecule has 0 spiro atoms. The Morgan fingerprint density at radius 1 is 1.24 bits per heavy atom. The standard InChI is InChI=1S/C29H38FN3O4/c1-35-29(34)27(25-18-21(30)10-12-24(25)26-8-5-17-37-26)33-15-13-23(19-33)36-16-3-2-7-22-11-9-20-6-4-14-31-28(20)32-22/h9-12,18,23,26-27H,2-8,13-17,19H2,1H3,(H,31,32)/t23-,26+,27?/m1/s1. The number of methoxy groups -OCH3 is 1. The maximum atomic E-state index is 14.3. The quantitative estimate of drug-likeness (QED) is 0.364. The third-order valence-corrected chi connectivity index (χ3v) is 7.72. The molecule has 7 nitrogen and oxygen atoms in total. The Hall–Kier alpha value is -2.55. The van der Waals surface area contributed by atoms with Crippen molar-refractivity contribution in [3.63, 3.8) is 0 Å². The van der Waals surface area contributed by atoms with E-state index >= 15 is 0 Å². The highest BCUT2D eigenvalue weighted by atomic mass is 19.1. The van der Waals surface area contributed by atoms with Crippen molar-refractivity contribution < 1.29 is 23.4 Å². The van der Waals surface area contributed by atoms with Gasteiger partial charge in [0.1, 0.15) is 17.7 Å². The van der Waals surface area contributed by atoms with Gasteiger partial charge in [0, 0.05) is 38.5 Å². The Labute approximate surface area is 218 Å². The highest BCUT2D eigenvalue weighted by Gasteiger charge is 2.37. The van der Waals surface area contributed by atoms with E-state index in [1.54, 1.807) is 6.07 Å². The third kappa shape index (κ3) is 6.30. The third-order valence-electron chi connectivity index (χ3n) is 7.72. The van der Waals surface area contributed by atoms with Gasteiger partial charge in [-0.3, -0.25) is 4.90 Å². The molecule has 2 saturated heterocycles. The molecule has 2 aromatic rings. The van der Waals surface area contributed by atoms with E-state index in [4.69, 9.17) is 19.2 Å². The topological polar surface area (TPSA) is 72.9 Å². The average molecular weight is 512 g/mol. The number of ether oxygens (including phenoxy) is 3. The molecule has 8 heteroatoms. The Kier molecular flexibility index (Phi) is 8.69. The predicted molar refractivity (Wildman–Crippen MR) is 139 cm³/mol. The van der Waals surface area contributed by atoms with E-state index in [9.17, 15) is 9.18 Å². The normalized spacial score (nSPS) is 22.4. The summed E-state index contributed by atoms with van der Waals surface area (Å²) in [5, 5.41) is 3.40. The number of likely N-dealkylation sites (tertiary alicyclic amines) is 1. The van der Waals surface area contributed by atoms with Crippen LogP contribution in [0.4, 0.5) is 10.2 Å². The van der Waals surface area contributed by atoms with Crippen LogP contribution in [0.1, 0.15) is 73.1 Å². The molecule has 2 fully saturated rings. The molecule has 37 heavy (non-hydrogen) atoms. The molecule has 3 atom stereocenters. The lowest BCUT2D eigenvalue weighted by Gasteiger charge is -2.29. The van der Waals surface area contributed by atoms with Crippen LogP contribution in [-0.2, 0) is 31.8 Å². The molecule has 4 heterocycles. The molecule has 3 aliphatic heterocycles. The van der Waals surface area contributed by atoms with Gasteiger partial charge < -0.3 is 19.5 Å². The fourth-order valence-electron chi connectivity index (χ4n) is 5.77. The van der Waals surface area contributed by atoms with Crippen LogP contribution in [-0.4, -0.2) is 61.9 Å². The number of hydrogen-bond donors (Lipinski definition) is 1. The molecule has 1 aromatic carbocycles. The van der Waals surface area contributed by atoms with Gasteiger partial charge >= 0.3 is 5.97 Å². The molecular weight excluding hydrogens is 473 g/mol. The summed E-state index contributed by atoms with van der Waals surface area (Å²) in [7, 11) is 1.39. The van der Waals surface area contributed by atoms with Gasteiger partial charge in [-0.1, -0.05) is 12.1 Å². The summed E-state index contributed by atoms with van der Waals surface area (Å²) >= 11 is 0. The number of nitrogens with zero attached hydrogens (tertiary/aromatic N) is 2. The fourth-order valence-corrected chi connectivity index (χ4v) is 5.77. The van der Waals surface area contributed by atoms with Crippen molar-refractivity contribution in [1.29, 1.82) is 0 Å². The number of fused-ring (bicyclic) bond motifs is 1. The largest absolute Gasteiger partial charge is 0.468 e. The van der Waals surface area contributed by atoms with Crippen LogP contribution in [0.25, 0.3) is 0 Å². The van der Waals surface area contributed by atoms with Gasteiger partial charge in [-0.25, -0.2) is 14.2 Å². The Morgan fingerprint density at radius 2 is 2.16 bits per heavy atom. The second-order valence-corrected chi connectivity index (χ2v) is 10.3. The van der Waals surface area contributed by atoms with E-state index in [0.29, 0.717) is 31.9 Å². The number of anilines is 1. The van der Waals surface area contributed by atoms with Crippen molar-refractivity contribution in [2.45, 2.75) is 69.6 Å². The molecular formula is C29H38FN3O4. The SMILES string of the molecule is COC(=O)C(c1cc(F)ccc1[C@@H]1CCCO1)N1CC[C@@H](OCCCCc2ccc3c(n2)NCCC3)C1. The summed E-state index contributed by atoms with van der Waals surface area (Å²) in [4.78, 5) is 19.8. The zero-order valence-electron chi connectivity index (χ0n) is 21.7. The van der Waals surface area contributed by atoms with Crippen LogP contribution in [0.5, 0.6) is 0 Å². The van der Waals surface area contributed by atoms with Gasteiger partial charge in [-0.05, 0) is 86.3 Å². The minimum absolute atomic E-state index is 0.0398. The Balaban J connectivity index is 1.14. The van der Waals surface area contributed by atoms with Gasteiger partial charge in [0.15, 0.2) is 0 Å². The minimum Gasteiger partial charge on any atom is -0.468 e. The summed E-state index contributed by atoms with van der Waals surface area (Å²) in [6, 6.07) is 8.35. The van der Waals surface area contributed by atoms with Crippen LogP contribution in [0.15, 0.2) is 30.3 Å². The first-order chi connectivity index (χ1) is 18.1. The van der Waals surface area contributed by atoms with E-state index in [1.807, 2.05) is 0 Å². The number of aromatic nitrogens is 1. The number of unbranched alkanes of at least 4 members (excludes halogenated alkanes) is 1. The van der Waals surface area contributed by atoms with Crippen molar-refractivity contribution in [1.82, 2.24) is 9.88 Å². The van der Waals surface area contributed by atoms with Crippen molar-refractivity contribution in [3.8, 4) is 0 Å². The van der Waals surface area contributed by atoms with Gasteiger partial charge in [0.2, 0.25) is 0 Å². The summed E-state index contributed by atoms with van der Waals surface area (Å²) in [6.07, 6.45) is 7.77. The number of aryl methyl sites for hydroxylation is 2. The van der Waals surface area contributed by atoms with Crippen molar-refractivity contribution in [2.75, 3.05) is 45.3 Å². The molecule has 200 valence electrons. The number of carbonyl (C=O) groups is 1. The van der Waals surface area contributed by atoms with Gasteiger partial charge in [0.25, 0.3) is 0 Å². The van der Waals surface area contributed by atoms with Gasteiger partial charge in [-0.15, -0.1) is 0 Å². The van der Waals surface area contributed by atoms with Crippen LogP contribution in [0.2, 0.25) is 0 Å². The van der Waals surface area contributed by atoms with Crippen molar-refractivity contribution >= 4 is 11.8 Å². The predicted octanol–water partition coefficient (Wildman–Crippen LogP) is 4.76. The molecule has 0 saturated carbocycles. The van der Waals surface area contributed by atoms with Crippen LogP contribution >= 0.6 is 0 Å². The minimum atomic E-state index is -0.669. The first-order valence-corrected chi connectivity index (χ1v) is 13.7. The van der Waals surface area contributed by atoms with Crippen molar-refractivity contribution in [3.05, 3.63) is 58.5 Å². The number of pyridine rings is 1. The number of halogens is 1. The lowest BCUT2D eigenvalue weighted by molar-refractivity contribution is -0.147. The number of carbonyl (C=O) groups excluding carboxylic acids is 1. The Bertz CT molecular complexity index is 1080. The van der Waals surface area contributed by atoms with E-state index in [1.165, 1.54) is 31.2 Å². The number of esters is 1. The van der Waals surface area contributed by atoms with E-state index < -0.39 is 6.04 Å². The zero-order chi connectivity index (χ0) is 25.6. The van der Waals surface area contributed by atoms with Crippen LogP contribution < -0.4 is 5.32 Å². The molecule has 5 rings (SSSR count). The van der Waals surface area contributed by atoms with Crippen LogP contribution in [0, 0.1) is 5.82 Å². The van der Waals surface area contributed by atoms with E-state index in [-0.39, 0.29) is 24.0 Å². The lowest BCUT2D eigenvalue weighted by atomic mass is 9.94. The summed E-state index contributed by atoms with van der Waals surface area (Å²) in [5.74, 6) is 0.312. The number of rotatable bonds is 10. The molecule has 0 radical (unpaired) electrons. The van der Waals surface area contributed by atoms with E-state index in [2.05, 4.69) is 22.3 Å². The summed E-state index contributed by atoms with van der Waals surface area (Å²) in [6.45, 7) is 3.66. The monoisotopic (exact) mass is 511 g/mol. The first kappa shape index (κ1) is 26.1. The molecule has 0 bridgehead atoms. The average Bonchev–Trinajstić information content (AvgIpc) is 3.62. The number of nitrogens with one attached hydrogen (secondary N) is 1. The second kappa shape index (κ2) is 12.3. The molecule has 0 amide bonds. The zero-order valence-corrected chi connectivity index (χ0v) is 21.7. The summed E-state index contributed by atoms with van der Waals surface area (Å²) in [5.41, 5.74) is 3.96. The lowest BCUT2D eigenvalue weighted by Crippen LogP contribution is -2.35. The second-order valence-electron chi connectivity index (χ2n) is 10.3. The maximum absolute atomic E-state index is 14.3. The maximum Gasteiger partial charge on any atom is 0.327 e. The fraction of sp³-hybridized carbons (Fsp3) is 0.586. The first-order valence-electron chi connectivity index (χ1n) is 13.7. The molecule has 1 aromatic heterocycles. The number of hydrogen-bond acceptors (Lipinski definition) is 7. The molecule has 1 N–H and O–H groups in total. The molecule has 3 aliphatic rings. The van der Waals surface area contributed by atoms with Gasteiger partial charge in [-0.2, -0.15) is 0 Å². The molecule has 1 unspecified atom stereocenters. The van der Waals surface area contributed by atoms with Crippen molar-refractivity contribution in [2.24, 2.45) is 0 Å². The highest BCUT2D eigenvalue weighted by Crippen LogP contribution is 2.37. The van der Waals surface area contributed by atoms with Gasteiger partial charge in [0.05, 0.1) is 19.3 Å². The highest BCUT2D eigenvalue weighted by molar-refractivity contribution is 5.78. The number of benzene rings is 1. The van der Waals surface area contributed by atoms with Crippen LogP contribution in [0.3, 0.4) is 0 Å². The molecule has 0 aliphatic carbocycles.